The highest BCUT2D eigenvalue weighted by atomic mass is 32.2. The molecule has 1 unspecified atom stereocenters. The summed E-state index contributed by atoms with van der Waals surface area (Å²) in [7, 11) is 0. The van der Waals surface area contributed by atoms with Crippen LogP contribution in [0.3, 0.4) is 0 Å². The fraction of sp³-hybridized carbons (Fsp3) is 0.207. The molecule has 5 nitrogen and oxygen atoms in total. The highest BCUT2D eigenvalue weighted by Crippen LogP contribution is 2.42. The molecule has 1 aliphatic heterocycles. The Morgan fingerprint density at radius 2 is 1.69 bits per heavy atom. The van der Waals surface area contributed by atoms with Gasteiger partial charge in [0.05, 0.1) is 5.25 Å². The SMILES string of the molecule is Cc1ccc(NC(=O)/C(C#N)=C2\SC(Cc3ccccc3C)C(=O)N2c2ccc(C)c(C)c2)cc1. The first-order chi connectivity index (χ1) is 16.8. The number of nitriles is 1. The highest BCUT2D eigenvalue weighted by Gasteiger charge is 2.41. The van der Waals surface area contributed by atoms with E-state index in [1.807, 2.05) is 82.3 Å². The second-order valence-electron chi connectivity index (χ2n) is 8.79. The fourth-order valence-electron chi connectivity index (χ4n) is 3.96. The summed E-state index contributed by atoms with van der Waals surface area (Å²) in [5.74, 6) is -0.663. The van der Waals surface area contributed by atoms with Crippen molar-refractivity contribution in [2.45, 2.75) is 39.4 Å². The standard InChI is InChI=1S/C29H27N3O2S/c1-18-9-12-23(13-10-18)31-27(33)25(17-30)29-32(24-14-11-19(2)21(4)15-24)28(34)26(35-29)16-22-8-6-5-7-20(22)3/h5-15,26H,16H2,1-4H3,(H,31,33)/b29-25-. The largest absolute Gasteiger partial charge is 0.321 e. The number of rotatable bonds is 5. The van der Waals surface area contributed by atoms with Gasteiger partial charge in [0.25, 0.3) is 5.91 Å². The third-order valence-electron chi connectivity index (χ3n) is 6.23. The topological polar surface area (TPSA) is 73.2 Å². The molecular formula is C29H27N3O2S. The second-order valence-corrected chi connectivity index (χ2v) is 9.98. The fourth-order valence-corrected chi connectivity index (χ4v) is 5.25. The quantitative estimate of drug-likeness (QED) is 0.359. The number of nitrogens with zero attached hydrogens (tertiary/aromatic N) is 2. The summed E-state index contributed by atoms with van der Waals surface area (Å²) >= 11 is 1.28. The molecule has 0 radical (unpaired) electrons. The first kappa shape index (κ1) is 24.3. The van der Waals surface area contributed by atoms with Gasteiger partial charge in [-0.2, -0.15) is 5.26 Å². The van der Waals surface area contributed by atoms with Crippen molar-refractivity contribution in [1.29, 1.82) is 5.26 Å². The summed E-state index contributed by atoms with van der Waals surface area (Å²) < 4.78 is 0. The maximum Gasteiger partial charge on any atom is 0.269 e. The molecule has 1 aliphatic rings. The number of amides is 2. The summed E-state index contributed by atoms with van der Waals surface area (Å²) in [6.45, 7) is 7.97. The van der Waals surface area contributed by atoms with Crippen LogP contribution in [-0.2, 0) is 16.0 Å². The number of hydrogen-bond acceptors (Lipinski definition) is 4. The van der Waals surface area contributed by atoms with E-state index < -0.39 is 11.2 Å². The maximum absolute atomic E-state index is 13.7. The van der Waals surface area contributed by atoms with E-state index in [9.17, 15) is 14.9 Å². The molecule has 1 N–H and O–H groups in total. The molecule has 1 heterocycles. The smallest absolute Gasteiger partial charge is 0.269 e. The van der Waals surface area contributed by atoms with Gasteiger partial charge in [0.1, 0.15) is 16.7 Å². The Morgan fingerprint density at radius 3 is 2.34 bits per heavy atom. The van der Waals surface area contributed by atoms with Crippen LogP contribution in [0.2, 0.25) is 0 Å². The molecule has 2 amide bonds. The van der Waals surface area contributed by atoms with Crippen molar-refractivity contribution in [3.05, 3.63) is 105 Å². The van der Waals surface area contributed by atoms with Crippen molar-refractivity contribution >= 4 is 35.0 Å². The van der Waals surface area contributed by atoms with E-state index >= 15 is 0 Å². The number of carbonyl (C=O) groups is 2. The number of thioether (sulfide) groups is 1. The Labute approximate surface area is 210 Å². The highest BCUT2D eigenvalue weighted by molar-refractivity contribution is 8.05. The number of benzene rings is 3. The van der Waals surface area contributed by atoms with Gasteiger partial charge >= 0.3 is 0 Å². The van der Waals surface area contributed by atoms with Gasteiger partial charge in [-0.1, -0.05) is 59.8 Å². The number of hydrogen-bond donors (Lipinski definition) is 1. The predicted molar refractivity (Wildman–Crippen MR) is 142 cm³/mol. The number of aryl methyl sites for hydroxylation is 4. The summed E-state index contributed by atoms with van der Waals surface area (Å²) in [6, 6.07) is 23.1. The van der Waals surface area contributed by atoms with Gasteiger partial charge in [0.15, 0.2) is 0 Å². The van der Waals surface area contributed by atoms with Crippen LogP contribution < -0.4 is 10.2 Å². The van der Waals surface area contributed by atoms with Crippen molar-refractivity contribution in [3.8, 4) is 6.07 Å². The monoisotopic (exact) mass is 481 g/mol. The lowest BCUT2D eigenvalue weighted by atomic mass is 10.0. The van der Waals surface area contributed by atoms with Gasteiger partial charge in [-0.3, -0.25) is 14.5 Å². The second kappa shape index (κ2) is 10.2. The minimum atomic E-state index is -0.531. The lowest BCUT2D eigenvalue weighted by molar-refractivity contribution is -0.117. The predicted octanol–water partition coefficient (Wildman–Crippen LogP) is 5.99. The normalized spacial score (nSPS) is 16.7. The first-order valence-electron chi connectivity index (χ1n) is 11.4. The molecule has 1 fully saturated rings. The van der Waals surface area contributed by atoms with Gasteiger partial charge in [0, 0.05) is 11.4 Å². The lowest BCUT2D eigenvalue weighted by Gasteiger charge is -2.20. The zero-order chi connectivity index (χ0) is 25.1. The molecule has 4 rings (SSSR count). The number of anilines is 2. The van der Waals surface area contributed by atoms with E-state index in [0.717, 1.165) is 27.8 Å². The molecular weight excluding hydrogens is 454 g/mol. The van der Waals surface area contributed by atoms with Crippen molar-refractivity contribution in [2.75, 3.05) is 10.2 Å². The van der Waals surface area contributed by atoms with Gasteiger partial charge < -0.3 is 5.32 Å². The Morgan fingerprint density at radius 1 is 0.971 bits per heavy atom. The molecule has 0 spiro atoms. The summed E-state index contributed by atoms with van der Waals surface area (Å²) in [6.07, 6.45) is 0.513. The van der Waals surface area contributed by atoms with Crippen molar-refractivity contribution < 1.29 is 9.59 Å². The molecule has 6 heteroatoms. The van der Waals surface area contributed by atoms with Crippen molar-refractivity contribution in [3.63, 3.8) is 0 Å². The lowest BCUT2D eigenvalue weighted by Crippen LogP contribution is -2.31. The van der Waals surface area contributed by atoms with E-state index in [4.69, 9.17) is 0 Å². The van der Waals surface area contributed by atoms with Crippen LogP contribution in [0.5, 0.6) is 0 Å². The minimum absolute atomic E-state index is 0.0746. The molecule has 0 saturated carbocycles. The molecule has 176 valence electrons. The molecule has 0 bridgehead atoms. The molecule has 1 saturated heterocycles. The molecule has 3 aromatic carbocycles. The van der Waals surface area contributed by atoms with E-state index in [0.29, 0.717) is 22.8 Å². The van der Waals surface area contributed by atoms with Crippen molar-refractivity contribution in [2.24, 2.45) is 0 Å². The number of carbonyl (C=O) groups excluding carboxylic acids is 2. The van der Waals surface area contributed by atoms with Crippen LogP contribution in [0.1, 0.15) is 27.8 Å². The van der Waals surface area contributed by atoms with E-state index in [2.05, 4.69) is 11.4 Å². The van der Waals surface area contributed by atoms with Gasteiger partial charge in [-0.05, 0) is 80.6 Å². The first-order valence-corrected chi connectivity index (χ1v) is 12.3. The van der Waals surface area contributed by atoms with Crippen LogP contribution in [0.15, 0.2) is 77.3 Å². The third-order valence-corrected chi connectivity index (χ3v) is 7.49. The molecule has 1 atom stereocenters. The van der Waals surface area contributed by atoms with Gasteiger partial charge in [-0.25, -0.2) is 0 Å². The van der Waals surface area contributed by atoms with Crippen LogP contribution in [0, 0.1) is 39.0 Å². The van der Waals surface area contributed by atoms with E-state index in [1.165, 1.54) is 16.7 Å². The molecule has 0 aromatic heterocycles. The minimum Gasteiger partial charge on any atom is -0.321 e. The summed E-state index contributed by atoms with van der Waals surface area (Å²) in [4.78, 5) is 28.4. The summed E-state index contributed by atoms with van der Waals surface area (Å²) in [5, 5.41) is 12.8. The average molecular weight is 482 g/mol. The van der Waals surface area contributed by atoms with E-state index in [1.54, 1.807) is 12.1 Å². The maximum atomic E-state index is 13.7. The van der Waals surface area contributed by atoms with Crippen molar-refractivity contribution in [1.82, 2.24) is 0 Å². The number of nitrogens with one attached hydrogen (secondary N) is 1. The Balaban J connectivity index is 1.75. The zero-order valence-corrected chi connectivity index (χ0v) is 21.1. The van der Waals surface area contributed by atoms with Gasteiger partial charge in [0.2, 0.25) is 5.91 Å². The van der Waals surface area contributed by atoms with Crippen LogP contribution >= 0.6 is 11.8 Å². The molecule has 3 aromatic rings. The van der Waals surface area contributed by atoms with E-state index in [-0.39, 0.29) is 11.5 Å². The van der Waals surface area contributed by atoms with Crippen LogP contribution in [-0.4, -0.2) is 17.1 Å². The summed E-state index contributed by atoms with van der Waals surface area (Å²) in [5.41, 5.74) is 6.56. The third kappa shape index (κ3) is 5.16. The Bertz CT molecular complexity index is 1370. The van der Waals surface area contributed by atoms with Crippen LogP contribution in [0.25, 0.3) is 0 Å². The molecule has 35 heavy (non-hydrogen) atoms. The average Bonchev–Trinajstić information content (AvgIpc) is 3.14. The Hall–Kier alpha value is -3.82. The zero-order valence-electron chi connectivity index (χ0n) is 20.3. The Kier molecular flexibility index (Phi) is 7.09. The van der Waals surface area contributed by atoms with Gasteiger partial charge in [-0.15, -0.1) is 0 Å². The molecule has 0 aliphatic carbocycles. The van der Waals surface area contributed by atoms with Crippen LogP contribution in [0.4, 0.5) is 11.4 Å².